The van der Waals surface area contributed by atoms with Crippen molar-refractivity contribution in [3.63, 3.8) is 0 Å². The number of halogens is 2. The third kappa shape index (κ3) is 3.73. The summed E-state index contributed by atoms with van der Waals surface area (Å²) in [5, 5.41) is 2.24. The fourth-order valence-corrected chi connectivity index (χ4v) is 2.91. The van der Waals surface area contributed by atoms with Gasteiger partial charge in [-0.25, -0.2) is 17.2 Å². The molecule has 1 aromatic rings. The van der Waals surface area contributed by atoms with Crippen LogP contribution in [0.5, 0.6) is 0 Å². The first kappa shape index (κ1) is 14.9. The van der Waals surface area contributed by atoms with Gasteiger partial charge in [-0.3, -0.25) is 4.79 Å². The molecule has 1 fully saturated rings. The normalized spacial score (nSPS) is 15.4. The van der Waals surface area contributed by atoms with Gasteiger partial charge in [0.25, 0.3) is 0 Å². The summed E-state index contributed by atoms with van der Waals surface area (Å²) >= 11 is 0. The summed E-state index contributed by atoms with van der Waals surface area (Å²) in [7, 11) is -3.49. The Balaban J connectivity index is 2.04. The van der Waals surface area contributed by atoms with E-state index in [9.17, 15) is 22.0 Å². The summed E-state index contributed by atoms with van der Waals surface area (Å²) in [5.41, 5.74) is -0.180. The molecule has 1 saturated carbocycles. The number of amides is 1. The van der Waals surface area contributed by atoms with Gasteiger partial charge in [-0.15, -0.1) is 0 Å². The Morgan fingerprint density at radius 2 is 2.05 bits per heavy atom. The molecule has 20 heavy (non-hydrogen) atoms. The van der Waals surface area contributed by atoms with Crippen LogP contribution in [-0.2, 0) is 14.8 Å². The first-order chi connectivity index (χ1) is 9.27. The van der Waals surface area contributed by atoms with Gasteiger partial charge < -0.3 is 5.32 Å². The van der Waals surface area contributed by atoms with Crippen molar-refractivity contribution in [3.05, 3.63) is 29.8 Å². The molecule has 1 amide bonds. The minimum absolute atomic E-state index is 0.159. The number of hydrogen-bond donors (Lipinski definition) is 1. The molecule has 0 spiro atoms. The molecule has 0 aromatic heterocycles. The second-order valence-corrected chi connectivity index (χ2v) is 6.65. The van der Waals surface area contributed by atoms with E-state index in [0.717, 1.165) is 22.7 Å². The predicted molar refractivity (Wildman–Crippen MR) is 69.6 cm³/mol. The monoisotopic (exact) mass is 304 g/mol. The number of hydrogen-bond acceptors (Lipinski definition) is 3. The lowest BCUT2D eigenvalue weighted by Crippen LogP contribution is -2.38. The first-order valence-electron chi connectivity index (χ1n) is 5.99. The van der Waals surface area contributed by atoms with Crippen LogP contribution < -0.4 is 5.32 Å². The topological polar surface area (TPSA) is 66.5 Å². The van der Waals surface area contributed by atoms with Crippen LogP contribution in [0.15, 0.2) is 18.2 Å². The van der Waals surface area contributed by atoms with Crippen molar-refractivity contribution < 1.29 is 22.0 Å². The van der Waals surface area contributed by atoms with Crippen LogP contribution in [0.2, 0.25) is 0 Å². The molecule has 110 valence electrons. The summed E-state index contributed by atoms with van der Waals surface area (Å²) in [6.45, 7) is -0.375. The molecule has 5 nitrogen and oxygen atoms in total. The molecule has 2 rings (SSSR count). The van der Waals surface area contributed by atoms with E-state index in [4.69, 9.17) is 0 Å². The molecule has 0 aliphatic heterocycles. The second-order valence-electron chi connectivity index (χ2n) is 4.71. The number of carbonyl (C=O) groups is 1. The molecule has 1 aliphatic rings. The number of carbonyl (C=O) groups excluding carboxylic acids is 1. The molecule has 0 unspecified atom stereocenters. The lowest BCUT2D eigenvalue weighted by atomic mass is 10.3. The Bertz CT molecular complexity index is 630. The van der Waals surface area contributed by atoms with Gasteiger partial charge in [0.05, 0.1) is 18.5 Å². The Labute approximate surface area is 115 Å². The van der Waals surface area contributed by atoms with Crippen LogP contribution >= 0.6 is 0 Å². The molecule has 8 heteroatoms. The van der Waals surface area contributed by atoms with E-state index in [2.05, 4.69) is 5.32 Å². The van der Waals surface area contributed by atoms with E-state index in [1.807, 2.05) is 0 Å². The Morgan fingerprint density at radius 3 is 2.55 bits per heavy atom. The van der Waals surface area contributed by atoms with E-state index in [-0.39, 0.29) is 18.3 Å². The summed E-state index contributed by atoms with van der Waals surface area (Å²) < 4.78 is 50.2. The van der Waals surface area contributed by atoms with Gasteiger partial charge in [0.15, 0.2) is 0 Å². The van der Waals surface area contributed by atoms with Crippen LogP contribution in [0.1, 0.15) is 12.8 Å². The Morgan fingerprint density at radius 1 is 1.40 bits per heavy atom. The predicted octanol–water partition coefficient (Wildman–Crippen LogP) is 1.33. The van der Waals surface area contributed by atoms with Crippen molar-refractivity contribution >= 4 is 21.6 Å². The smallest absolute Gasteiger partial charge is 0.239 e. The van der Waals surface area contributed by atoms with E-state index >= 15 is 0 Å². The van der Waals surface area contributed by atoms with Gasteiger partial charge in [-0.2, -0.15) is 4.31 Å². The van der Waals surface area contributed by atoms with Crippen molar-refractivity contribution in [2.24, 2.45) is 0 Å². The van der Waals surface area contributed by atoms with E-state index < -0.39 is 27.6 Å². The van der Waals surface area contributed by atoms with Crippen LogP contribution in [0.3, 0.4) is 0 Å². The lowest BCUT2D eigenvalue weighted by Gasteiger charge is -2.18. The van der Waals surface area contributed by atoms with Crippen molar-refractivity contribution in [1.82, 2.24) is 4.31 Å². The number of nitrogens with zero attached hydrogens (tertiary/aromatic N) is 1. The van der Waals surface area contributed by atoms with Crippen molar-refractivity contribution in [2.75, 3.05) is 18.1 Å². The first-order valence-corrected chi connectivity index (χ1v) is 7.84. The molecule has 1 N–H and O–H groups in total. The fourth-order valence-electron chi connectivity index (χ4n) is 1.80. The maximum Gasteiger partial charge on any atom is 0.239 e. The SMILES string of the molecule is CS(=O)(=O)N(CC(=O)Nc1ccc(F)cc1F)C1CC1. The minimum atomic E-state index is -3.49. The number of rotatable bonds is 5. The average molecular weight is 304 g/mol. The van der Waals surface area contributed by atoms with E-state index in [0.29, 0.717) is 18.9 Å². The summed E-state index contributed by atoms with van der Waals surface area (Å²) in [6.07, 6.45) is 2.45. The highest BCUT2D eigenvalue weighted by atomic mass is 32.2. The van der Waals surface area contributed by atoms with Gasteiger partial charge in [0, 0.05) is 12.1 Å². The van der Waals surface area contributed by atoms with E-state index in [1.165, 1.54) is 0 Å². The molecule has 1 aromatic carbocycles. The van der Waals surface area contributed by atoms with Crippen molar-refractivity contribution in [1.29, 1.82) is 0 Å². The van der Waals surface area contributed by atoms with E-state index in [1.54, 1.807) is 0 Å². The van der Waals surface area contributed by atoms with Crippen LogP contribution in [-0.4, -0.2) is 37.5 Å². The fraction of sp³-hybridized carbons (Fsp3) is 0.417. The van der Waals surface area contributed by atoms with Gasteiger partial charge in [0.2, 0.25) is 15.9 Å². The van der Waals surface area contributed by atoms with Crippen LogP contribution in [0, 0.1) is 11.6 Å². The molecule has 0 bridgehead atoms. The van der Waals surface area contributed by atoms with Gasteiger partial charge in [-0.1, -0.05) is 0 Å². The lowest BCUT2D eigenvalue weighted by molar-refractivity contribution is -0.116. The zero-order chi connectivity index (χ0) is 14.9. The number of nitrogens with one attached hydrogen (secondary N) is 1. The Kier molecular flexibility index (Phi) is 4.05. The molecule has 0 atom stereocenters. The average Bonchev–Trinajstić information content (AvgIpc) is 3.12. The third-order valence-electron chi connectivity index (χ3n) is 2.88. The second kappa shape index (κ2) is 5.45. The standard InChI is InChI=1S/C12H14F2N2O3S/c1-20(18,19)16(9-3-4-9)7-12(17)15-11-5-2-8(13)6-10(11)14/h2,5-6,9H,3-4,7H2,1H3,(H,15,17). The molecular weight excluding hydrogens is 290 g/mol. The molecule has 1 aliphatic carbocycles. The van der Waals surface area contributed by atoms with Crippen molar-refractivity contribution in [3.8, 4) is 0 Å². The maximum atomic E-state index is 13.4. The highest BCUT2D eigenvalue weighted by Crippen LogP contribution is 2.28. The molecule has 0 heterocycles. The number of anilines is 1. The van der Waals surface area contributed by atoms with Crippen LogP contribution in [0.25, 0.3) is 0 Å². The Hall–Kier alpha value is -1.54. The molecular formula is C12H14F2N2O3S. The number of benzene rings is 1. The molecule has 0 radical (unpaired) electrons. The number of sulfonamides is 1. The maximum absolute atomic E-state index is 13.4. The zero-order valence-corrected chi connectivity index (χ0v) is 11.6. The summed E-state index contributed by atoms with van der Waals surface area (Å²) in [5.74, 6) is -2.32. The summed E-state index contributed by atoms with van der Waals surface area (Å²) in [6, 6.07) is 2.58. The minimum Gasteiger partial charge on any atom is -0.322 e. The van der Waals surface area contributed by atoms with Crippen LogP contribution in [0.4, 0.5) is 14.5 Å². The quantitative estimate of drug-likeness (QED) is 0.892. The highest BCUT2D eigenvalue weighted by Gasteiger charge is 2.36. The third-order valence-corrected chi connectivity index (χ3v) is 4.16. The molecule has 0 saturated heterocycles. The van der Waals surface area contributed by atoms with Gasteiger partial charge in [-0.05, 0) is 25.0 Å². The van der Waals surface area contributed by atoms with Gasteiger partial charge in [0.1, 0.15) is 11.6 Å². The van der Waals surface area contributed by atoms with Crippen molar-refractivity contribution in [2.45, 2.75) is 18.9 Å². The summed E-state index contributed by atoms with van der Waals surface area (Å²) in [4.78, 5) is 11.8. The highest BCUT2D eigenvalue weighted by molar-refractivity contribution is 7.88. The van der Waals surface area contributed by atoms with Gasteiger partial charge >= 0.3 is 0 Å². The zero-order valence-electron chi connectivity index (χ0n) is 10.8. The largest absolute Gasteiger partial charge is 0.322 e.